The zero-order valence-electron chi connectivity index (χ0n) is 9.48. The summed E-state index contributed by atoms with van der Waals surface area (Å²) in [5, 5.41) is 8.51. The summed E-state index contributed by atoms with van der Waals surface area (Å²) in [4.78, 5) is 15.1. The molecule has 8 nitrogen and oxygen atoms in total. The lowest BCUT2D eigenvalue weighted by Crippen LogP contribution is -2.36. The van der Waals surface area contributed by atoms with E-state index in [2.05, 4.69) is 20.6 Å². The summed E-state index contributed by atoms with van der Waals surface area (Å²) in [6, 6.07) is 1.15. The topological polar surface area (TPSA) is 126 Å². The van der Waals surface area contributed by atoms with E-state index in [1.54, 1.807) is 6.07 Å². The summed E-state index contributed by atoms with van der Waals surface area (Å²) in [7, 11) is 1.50. The molecule has 2 rings (SSSR count). The molecule has 0 saturated carbocycles. The molecule has 2 heterocycles. The molecule has 0 aliphatic heterocycles. The third-order valence-electron chi connectivity index (χ3n) is 2.36. The molecule has 0 aliphatic rings. The van der Waals surface area contributed by atoms with Gasteiger partial charge in [-0.25, -0.2) is 14.8 Å². The number of hydrogen-bond donors (Lipinski definition) is 4. The first-order valence-corrected chi connectivity index (χ1v) is 4.90. The Labute approximate surface area is 96.9 Å². The molecule has 0 atom stereocenters. The number of hydrazine groups is 1. The Morgan fingerprint density at radius 1 is 1.59 bits per heavy atom. The molecule has 90 valence electrons. The van der Waals surface area contributed by atoms with Crippen molar-refractivity contribution in [2.45, 2.75) is 6.92 Å². The largest absolute Gasteiger partial charge is 0.384 e. The standard InChI is InChI=1S/C9H13N7O/c1-4-3-5(15-16(2)9(11)17)12-8-6(4)7(10)13-14-8/h3H,1-2H3,(H2,11,17)(H4,10,12,13,14,15). The number of amides is 2. The molecule has 6 N–H and O–H groups in total. The fourth-order valence-electron chi connectivity index (χ4n) is 1.52. The minimum atomic E-state index is -0.605. The Morgan fingerprint density at radius 3 is 2.94 bits per heavy atom. The second-order valence-corrected chi connectivity index (χ2v) is 3.67. The van der Waals surface area contributed by atoms with E-state index in [-0.39, 0.29) is 0 Å². The SMILES string of the molecule is Cc1cc(NN(C)C(N)=O)nc2n[nH]c(N)c12. The van der Waals surface area contributed by atoms with Crippen LogP contribution >= 0.6 is 0 Å². The number of aryl methyl sites for hydroxylation is 1. The highest BCUT2D eigenvalue weighted by Gasteiger charge is 2.10. The van der Waals surface area contributed by atoms with Crippen LogP contribution in [-0.4, -0.2) is 33.3 Å². The van der Waals surface area contributed by atoms with Gasteiger partial charge in [-0.2, -0.15) is 5.10 Å². The number of pyridine rings is 1. The van der Waals surface area contributed by atoms with Crippen molar-refractivity contribution in [3.05, 3.63) is 11.6 Å². The van der Waals surface area contributed by atoms with E-state index in [0.29, 0.717) is 17.3 Å². The molecule has 0 saturated heterocycles. The van der Waals surface area contributed by atoms with Crippen molar-refractivity contribution in [2.24, 2.45) is 5.73 Å². The van der Waals surface area contributed by atoms with Crippen molar-refractivity contribution in [1.29, 1.82) is 0 Å². The lowest BCUT2D eigenvalue weighted by Gasteiger charge is -2.16. The van der Waals surface area contributed by atoms with Gasteiger partial charge in [0, 0.05) is 7.05 Å². The van der Waals surface area contributed by atoms with Crippen LogP contribution in [0.2, 0.25) is 0 Å². The van der Waals surface area contributed by atoms with Gasteiger partial charge in [-0.15, -0.1) is 0 Å². The van der Waals surface area contributed by atoms with Crippen molar-refractivity contribution in [3.8, 4) is 0 Å². The minimum absolute atomic E-state index is 0.472. The van der Waals surface area contributed by atoms with E-state index < -0.39 is 6.03 Å². The van der Waals surface area contributed by atoms with Gasteiger partial charge in [-0.1, -0.05) is 0 Å². The first-order chi connectivity index (χ1) is 7.99. The Kier molecular flexibility index (Phi) is 2.47. The molecule has 2 aromatic rings. The molecule has 0 unspecified atom stereocenters. The molecule has 2 aromatic heterocycles. The van der Waals surface area contributed by atoms with Gasteiger partial charge >= 0.3 is 6.03 Å². The van der Waals surface area contributed by atoms with Crippen molar-refractivity contribution < 1.29 is 4.79 Å². The molecule has 0 radical (unpaired) electrons. The van der Waals surface area contributed by atoms with Gasteiger partial charge in [-0.05, 0) is 18.6 Å². The maximum Gasteiger partial charge on any atom is 0.333 e. The zero-order valence-corrected chi connectivity index (χ0v) is 9.48. The molecule has 0 bridgehead atoms. The van der Waals surface area contributed by atoms with Crippen LogP contribution in [0.5, 0.6) is 0 Å². The van der Waals surface area contributed by atoms with Gasteiger partial charge in [-0.3, -0.25) is 10.5 Å². The highest BCUT2D eigenvalue weighted by Crippen LogP contribution is 2.22. The van der Waals surface area contributed by atoms with Crippen LogP contribution in [0.3, 0.4) is 0 Å². The third-order valence-corrected chi connectivity index (χ3v) is 2.36. The van der Waals surface area contributed by atoms with E-state index in [9.17, 15) is 4.79 Å². The number of carbonyl (C=O) groups is 1. The first-order valence-electron chi connectivity index (χ1n) is 4.90. The number of nitrogens with two attached hydrogens (primary N) is 2. The Bertz CT molecular complexity index is 576. The average molecular weight is 235 g/mol. The van der Waals surface area contributed by atoms with Gasteiger partial charge in [0.1, 0.15) is 11.6 Å². The van der Waals surface area contributed by atoms with Crippen LogP contribution in [0.1, 0.15) is 5.56 Å². The van der Waals surface area contributed by atoms with Crippen molar-refractivity contribution in [3.63, 3.8) is 0 Å². The zero-order chi connectivity index (χ0) is 12.6. The van der Waals surface area contributed by atoms with Gasteiger partial charge in [0.2, 0.25) is 0 Å². The number of nitrogens with one attached hydrogen (secondary N) is 2. The van der Waals surface area contributed by atoms with E-state index in [0.717, 1.165) is 16.0 Å². The normalized spacial score (nSPS) is 10.5. The highest BCUT2D eigenvalue weighted by atomic mass is 16.2. The van der Waals surface area contributed by atoms with Crippen LogP contribution < -0.4 is 16.9 Å². The number of urea groups is 1. The number of nitrogens with zero attached hydrogens (tertiary/aromatic N) is 3. The molecule has 0 aliphatic carbocycles. The Hall–Kier alpha value is -2.51. The van der Waals surface area contributed by atoms with Crippen LogP contribution in [0.25, 0.3) is 11.0 Å². The summed E-state index contributed by atoms with van der Waals surface area (Å²) < 4.78 is 0. The van der Waals surface area contributed by atoms with Gasteiger partial charge in [0.05, 0.1) is 5.39 Å². The van der Waals surface area contributed by atoms with Crippen molar-refractivity contribution >= 4 is 28.7 Å². The smallest absolute Gasteiger partial charge is 0.333 e. The quantitative estimate of drug-likeness (QED) is 0.552. The minimum Gasteiger partial charge on any atom is -0.384 e. The van der Waals surface area contributed by atoms with E-state index in [4.69, 9.17) is 11.5 Å². The molecule has 0 spiro atoms. The number of rotatable bonds is 2. The number of primary amides is 1. The Morgan fingerprint density at radius 2 is 2.29 bits per heavy atom. The summed E-state index contributed by atoms with van der Waals surface area (Å²) in [5.41, 5.74) is 14.9. The number of aromatic nitrogens is 3. The Balaban J connectivity index is 2.40. The number of fused-ring (bicyclic) bond motifs is 1. The van der Waals surface area contributed by atoms with Gasteiger partial charge in [0.15, 0.2) is 5.65 Å². The molecular weight excluding hydrogens is 222 g/mol. The second-order valence-electron chi connectivity index (χ2n) is 3.67. The first kappa shape index (κ1) is 11.0. The number of carbonyl (C=O) groups excluding carboxylic acids is 1. The molecule has 0 aromatic carbocycles. The highest BCUT2D eigenvalue weighted by molar-refractivity contribution is 5.90. The maximum atomic E-state index is 10.9. The predicted octanol–water partition coefficient (Wildman–Crippen LogP) is 0.186. The fraction of sp³-hybridized carbons (Fsp3) is 0.222. The monoisotopic (exact) mass is 235 g/mol. The van der Waals surface area contributed by atoms with Crippen molar-refractivity contribution in [1.82, 2.24) is 20.2 Å². The molecular formula is C9H13N7O. The number of nitrogen functional groups attached to an aromatic ring is 1. The summed E-state index contributed by atoms with van der Waals surface area (Å²) >= 11 is 0. The van der Waals surface area contributed by atoms with Crippen LogP contribution in [0.15, 0.2) is 6.07 Å². The molecule has 0 fully saturated rings. The van der Waals surface area contributed by atoms with Gasteiger partial charge in [0.25, 0.3) is 0 Å². The lowest BCUT2D eigenvalue weighted by atomic mass is 10.2. The number of hydrogen-bond acceptors (Lipinski definition) is 5. The van der Waals surface area contributed by atoms with Crippen molar-refractivity contribution in [2.75, 3.05) is 18.2 Å². The lowest BCUT2D eigenvalue weighted by molar-refractivity contribution is 0.226. The number of anilines is 2. The second kappa shape index (κ2) is 3.81. The van der Waals surface area contributed by atoms with E-state index >= 15 is 0 Å². The predicted molar refractivity (Wildman–Crippen MR) is 64.0 cm³/mol. The fourth-order valence-corrected chi connectivity index (χ4v) is 1.52. The van der Waals surface area contributed by atoms with E-state index in [1.165, 1.54) is 7.05 Å². The summed E-state index contributed by atoms with van der Waals surface area (Å²) in [5.74, 6) is 0.947. The van der Waals surface area contributed by atoms with Crippen LogP contribution in [-0.2, 0) is 0 Å². The maximum absolute atomic E-state index is 10.9. The summed E-state index contributed by atoms with van der Waals surface area (Å²) in [6.07, 6.45) is 0. The molecule has 17 heavy (non-hydrogen) atoms. The average Bonchev–Trinajstić information content (AvgIpc) is 2.60. The van der Waals surface area contributed by atoms with E-state index in [1.807, 2.05) is 6.92 Å². The number of H-pyrrole nitrogens is 1. The molecule has 8 heteroatoms. The van der Waals surface area contributed by atoms with Crippen LogP contribution in [0.4, 0.5) is 16.4 Å². The third kappa shape index (κ3) is 1.92. The summed E-state index contributed by atoms with van der Waals surface area (Å²) in [6.45, 7) is 1.88. The van der Waals surface area contributed by atoms with Crippen LogP contribution in [0, 0.1) is 6.92 Å². The van der Waals surface area contributed by atoms with Gasteiger partial charge < -0.3 is 11.5 Å². The molecule has 2 amide bonds. The number of aromatic amines is 1.